The molecule has 3 aromatic rings. The lowest BCUT2D eigenvalue weighted by Crippen LogP contribution is -1.73. The first kappa shape index (κ1) is 9.48. The standard InChI is InChI=1S/C12H6ClIO/c13-8-5-6-9(14)12-11(8)7-3-1-2-4-10(7)15-12/h1-6H. The van der Waals surface area contributed by atoms with Gasteiger partial charge in [0, 0.05) is 10.8 Å². The van der Waals surface area contributed by atoms with Crippen LogP contribution in [0.2, 0.25) is 5.02 Å². The zero-order chi connectivity index (χ0) is 10.4. The summed E-state index contributed by atoms with van der Waals surface area (Å²) in [6, 6.07) is 11.8. The van der Waals surface area contributed by atoms with Gasteiger partial charge in [0.15, 0.2) is 0 Å². The SMILES string of the molecule is Clc1ccc(I)c2oc3ccccc3c12. The number of benzene rings is 2. The van der Waals surface area contributed by atoms with Crippen molar-refractivity contribution in [2.24, 2.45) is 0 Å². The number of furan rings is 1. The molecule has 0 fully saturated rings. The van der Waals surface area contributed by atoms with E-state index in [1.165, 1.54) is 0 Å². The van der Waals surface area contributed by atoms with Gasteiger partial charge >= 0.3 is 0 Å². The maximum Gasteiger partial charge on any atom is 0.150 e. The molecule has 0 N–H and O–H groups in total. The van der Waals surface area contributed by atoms with E-state index in [-0.39, 0.29) is 0 Å². The molecule has 2 aromatic carbocycles. The van der Waals surface area contributed by atoms with Crippen molar-refractivity contribution in [2.45, 2.75) is 0 Å². The molecule has 1 heterocycles. The van der Waals surface area contributed by atoms with Crippen LogP contribution in [0.3, 0.4) is 0 Å². The number of para-hydroxylation sites is 1. The fourth-order valence-corrected chi connectivity index (χ4v) is 2.57. The number of rotatable bonds is 0. The first-order chi connectivity index (χ1) is 7.27. The van der Waals surface area contributed by atoms with Gasteiger partial charge in [0.05, 0.1) is 8.59 Å². The largest absolute Gasteiger partial charge is 0.455 e. The molecule has 0 aliphatic heterocycles. The highest BCUT2D eigenvalue weighted by molar-refractivity contribution is 14.1. The van der Waals surface area contributed by atoms with Gasteiger partial charge in [0.2, 0.25) is 0 Å². The molecule has 3 rings (SSSR count). The first-order valence-electron chi connectivity index (χ1n) is 4.52. The molecule has 0 spiro atoms. The van der Waals surface area contributed by atoms with Crippen LogP contribution < -0.4 is 0 Å². The smallest absolute Gasteiger partial charge is 0.150 e. The summed E-state index contributed by atoms with van der Waals surface area (Å²) in [6.07, 6.45) is 0. The molecule has 0 saturated heterocycles. The normalized spacial score (nSPS) is 11.3. The lowest BCUT2D eigenvalue weighted by molar-refractivity contribution is 0.666. The predicted octanol–water partition coefficient (Wildman–Crippen LogP) is 4.84. The van der Waals surface area contributed by atoms with Crippen molar-refractivity contribution in [1.82, 2.24) is 0 Å². The Balaban J connectivity index is 2.66. The summed E-state index contributed by atoms with van der Waals surface area (Å²) in [5.41, 5.74) is 1.77. The number of fused-ring (bicyclic) bond motifs is 3. The summed E-state index contributed by atoms with van der Waals surface area (Å²) in [6.45, 7) is 0. The van der Waals surface area contributed by atoms with Crippen molar-refractivity contribution >= 4 is 56.1 Å². The maximum atomic E-state index is 6.19. The Kier molecular flexibility index (Phi) is 2.14. The van der Waals surface area contributed by atoms with Crippen molar-refractivity contribution in [3.63, 3.8) is 0 Å². The molecule has 1 nitrogen and oxygen atoms in total. The second-order valence-electron chi connectivity index (χ2n) is 3.33. The van der Waals surface area contributed by atoms with E-state index >= 15 is 0 Å². The minimum absolute atomic E-state index is 0.746. The van der Waals surface area contributed by atoms with Gasteiger partial charge in [-0.3, -0.25) is 0 Å². The summed E-state index contributed by atoms with van der Waals surface area (Å²) in [4.78, 5) is 0. The van der Waals surface area contributed by atoms with Gasteiger partial charge in [-0.1, -0.05) is 29.8 Å². The third-order valence-electron chi connectivity index (χ3n) is 2.43. The molecule has 0 radical (unpaired) electrons. The Morgan fingerprint density at radius 2 is 1.87 bits per heavy atom. The summed E-state index contributed by atoms with van der Waals surface area (Å²) < 4.78 is 6.86. The molecule has 0 amide bonds. The topological polar surface area (TPSA) is 13.1 Å². The van der Waals surface area contributed by atoms with Gasteiger partial charge in [-0.2, -0.15) is 0 Å². The zero-order valence-corrected chi connectivity index (χ0v) is 10.5. The Morgan fingerprint density at radius 1 is 1.07 bits per heavy atom. The summed E-state index contributed by atoms with van der Waals surface area (Å²) in [7, 11) is 0. The second kappa shape index (κ2) is 3.39. The lowest BCUT2D eigenvalue weighted by atomic mass is 10.1. The Hall–Kier alpha value is -0.740. The van der Waals surface area contributed by atoms with Gasteiger partial charge in [0.25, 0.3) is 0 Å². The van der Waals surface area contributed by atoms with E-state index < -0.39 is 0 Å². The van der Waals surface area contributed by atoms with E-state index in [1.54, 1.807) is 0 Å². The van der Waals surface area contributed by atoms with Crippen LogP contribution in [0.1, 0.15) is 0 Å². The van der Waals surface area contributed by atoms with E-state index in [4.69, 9.17) is 16.0 Å². The molecule has 0 bridgehead atoms. The second-order valence-corrected chi connectivity index (χ2v) is 4.90. The van der Waals surface area contributed by atoms with Crippen molar-refractivity contribution < 1.29 is 4.42 Å². The van der Waals surface area contributed by atoms with Crippen LogP contribution in [0.4, 0.5) is 0 Å². The monoisotopic (exact) mass is 328 g/mol. The summed E-state index contributed by atoms with van der Waals surface area (Å²) in [5, 5.41) is 2.84. The highest BCUT2D eigenvalue weighted by Crippen LogP contribution is 2.36. The highest BCUT2D eigenvalue weighted by atomic mass is 127. The van der Waals surface area contributed by atoms with Gasteiger partial charge in [0.1, 0.15) is 11.2 Å². The number of hydrogen-bond acceptors (Lipinski definition) is 1. The molecule has 0 unspecified atom stereocenters. The number of halogens is 2. The van der Waals surface area contributed by atoms with Crippen LogP contribution in [0.5, 0.6) is 0 Å². The Bertz CT molecular complexity index is 657. The first-order valence-corrected chi connectivity index (χ1v) is 5.98. The molecule has 0 atom stereocenters. The summed E-state index contributed by atoms with van der Waals surface area (Å²) >= 11 is 8.44. The third-order valence-corrected chi connectivity index (χ3v) is 3.59. The van der Waals surface area contributed by atoms with Crippen molar-refractivity contribution in [2.75, 3.05) is 0 Å². The molecular formula is C12H6ClIO. The number of hydrogen-bond donors (Lipinski definition) is 0. The quantitative estimate of drug-likeness (QED) is 0.538. The fourth-order valence-electron chi connectivity index (χ4n) is 1.76. The van der Waals surface area contributed by atoms with E-state index in [9.17, 15) is 0 Å². The molecule has 0 aliphatic rings. The fraction of sp³-hybridized carbons (Fsp3) is 0. The molecule has 0 saturated carbocycles. The average Bonchev–Trinajstić information content (AvgIpc) is 2.64. The minimum atomic E-state index is 0.746. The van der Waals surface area contributed by atoms with Gasteiger partial charge in [-0.25, -0.2) is 0 Å². The molecule has 15 heavy (non-hydrogen) atoms. The summed E-state index contributed by atoms with van der Waals surface area (Å²) in [5.74, 6) is 0. The van der Waals surface area contributed by atoms with E-state index in [0.29, 0.717) is 0 Å². The van der Waals surface area contributed by atoms with E-state index in [1.807, 2.05) is 36.4 Å². The molecule has 0 aliphatic carbocycles. The van der Waals surface area contributed by atoms with Crippen molar-refractivity contribution in [1.29, 1.82) is 0 Å². The van der Waals surface area contributed by atoms with Crippen LogP contribution in [-0.4, -0.2) is 0 Å². The van der Waals surface area contributed by atoms with E-state index in [0.717, 1.165) is 30.5 Å². The minimum Gasteiger partial charge on any atom is -0.455 e. The lowest BCUT2D eigenvalue weighted by Gasteiger charge is -1.94. The van der Waals surface area contributed by atoms with Crippen LogP contribution in [0.15, 0.2) is 40.8 Å². The van der Waals surface area contributed by atoms with Crippen LogP contribution in [-0.2, 0) is 0 Å². The Labute approximate surface area is 105 Å². The van der Waals surface area contributed by atoms with E-state index in [2.05, 4.69) is 22.6 Å². The average molecular weight is 329 g/mol. The predicted molar refractivity (Wildman–Crippen MR) is 71.4 cm³/mol. The molecule has 3 heteroatoms. The van der Waals surface area contributed by atoms with Crippen LogP contribution in [0.25, 0.3) is 21.9 Å². The van der Waals surface area contributed by atoms with Crippen molar-refractivity contribution in [3.05, 3.63) is 45.0 Å². The maximum absolute atomic E-state index is 6.19. The van der Waals surface area contributed by atoms with Crippen LogP contribution >= 0.6 is 34.2 Å². The van der Waals surface area contributed by atoms with Crippen molar-refractivity contribution in [3.8, 4) is 0 Å². The third kappa shape index (κ3) is 1.35. The van der Waals surface area contributed by atoms with Crippen LogP contribution in [0, 0.1) is 3.57 Å². The highest BCUT2D eigenvalue weighted by Gasteiger charge is 2.11. The molecule has 1 aromatic heterocycles. The Morgan fingerprint density at radius 3 is 2.73 bits per heavy atom. The zero-order valence-electron chi connectivity index (χ0n) is 7.63. The molecular weight excluding hydrogens is 322 g/mol. The van der Waals surface area contributed by atoms with Gasteiger partial charge in [-0.05, 0) is 40.8 Å². The molecule has 74 valence electrons. The van der Waals surface area contributed by atoms with Gasteiger partial charge < -0.3 is 4.42 Å². The van der Waals surface area contributed by atoms with Gasteiger partial charge in [-0.15, -0.1) is 0 Å².